The monoisotopic (exact) mass is 774 g/mol. The highest BCUT2D eigenvalue weighted by Gasteiger charge is 2.20. The molecular formula is C59H38N2. The SMILES string of the molecule is c1ccc(-c2nc3cc(-c4ccc(-c5ccc6c(-c7cccc8ccccc78)c7ccccc7c(-c7cccc8ccccc78)c6c5)cc4)ccc3n2-c2ccccc2)cc1. The topological polar surface area (TPSA) is 17.8 Å². The molecule has 2 heteroatoms. The van der Waals surface area contributed by atoms with Crippen molar-refractivity contribution in [1.29, 1.82) is 0 Å². The van der Waals surface area contributed by atoms with Crippen molar-refractivity contribution in [2.24, 2.45) is 0 Å². The minimum atomic E-state index is 0.935. The highest BCUT2D eigenvalue weighted by Crippen LogP contribution is 2.47. The van der Waals surface area contributed by atoms with Gasteiger partial charge in [-0.15, -0.1) is 0 Å². The highest BCUT2D eigenvalue weighted by molar-refractivity contribution is 6.25. The molecule has 1 aromatic heterocycles. The molecule has 0 atom stereocenters. The van der Waals surface area contributed by atoms with Gasteiger partial charge in [0.25, 0.3) is 0 Å². The summed E-state index contributed by atoms with van der Waals surface area (Å²) in [6.45, 7) is 0. The molecule has 0 amide bonds. The fourth-order valence-electron chi connectivity index (χ4n) is 9.56. The van der Waals surface area contributed by atoms with E-state index in [9.17, 15) is 0 Å². The van der Waals surface area contributed by atoms with Crippen LogP contribution in [0.1, 0.15) is 0 Å². The summed E-state index contributed by atoms with van der Waals surface area (Å²) in [6.07, 6.45) is 0. The van der Waals surface area contributed by atoms with Gasteiger partial charge < -0.3 is 0 Å². The Kier molecular flexibility index (Phi) is 8.21. The maximum absolute atomic E-state index is 5.22. The molecule has 61 heavy (non-hydrogen) atoms. The molecule has 284 valence electrons. The summed E-state index contributed by atoms with van der Waals surface area (Å²) in [4.78, 5) is 5.22. The van der Waals surface area contributed by atoms with Crippen LogP contribution < -0.4 is 0 Å². The first-order chi connectivity index (χ1) is 30.3. The maximum Gasteiger partial charge on any atom is 0.145 e. The Morgan fingerprint density at radius 2 is 0.754 bits per heavy atom. The molecule has 0 N–H and O–H groups in total. The number of benzene rings is 11. The zero-order valence-electron chi connectivity index (χ0n) is 33.3. The van der Waals surface area contributed by atoms with Crippen LogP contribution >= 0.6 is 0 Å². The van der Waals surface area contributed by atoms with E-state index in [1.165, 1.54) is 76.5 Å². The summed E-state index contributed by atoms with van der Waals surface area (Å²) < 4.78 is 2.26. The molecule has 0 aliphatic carbocycles. The number of nitrogens with zero attached hydrogens (tertiary/aromatic N) is 2. The van der Waals surface area contributed by atoms with Gasteiger partial charge in [-0.3, -0.25) is 4.57 Å². The van der Waals surface area contributed by atoms with E-state index in [4.69, 9.17) is 4.98 Å². The molecule has 0 bridgehead atoms. The molecule has 1 heterocycles. The molecule has 0 saturated heterocycles. The van der Waals surface area contributed by atoms with Crippen molar-refractivity contribution in [3.05, 3.63) is 231 Å². The number of hydrogen-bond donors (Lipinski definition) is 0. The van der Waals surface area contributed by atoms with Crippen LogP contribution in [0.15, 0.2) is 231 Å². The molecular weight excluding hydrogens is 737 g/mol. The number of hydrogen-bond acceptors (Lipinski definition) is 1. The molecule has 12 rings (SSSR count). The Morgan fingerprint density at radius 3 is 1.38 bits per heavy atom. The fourth-order valence-corrected chi connectivity index (χ4v) is 9.56. The van der Waals surface area contributed by atoms with E-state index in [1.54, 1.807) is 0 Å². The van der Waals surface area contributed by atoms with Gasteiger partial charge in [-0.2, -0.15) is 0 Å². The van der Waals surface area contributed by atoms with Gasteiger partial charge in [0.2, 0.25) is 0 Å². The summed E-state index contributed by atoms with van der Waals surface area (Å²) in [5.41, 5.74) is 13.9. The average molecular weight is 775 g/mol. The molecule has 0 fully saturated rings. The Hall–Kier alpha value is -8.07. The molecule has 0 unspecified atom stereocenters. The lowest BCUT2D eigenvalue weighted by atomic mass is 9.83. The Labute approximate surface area is 354 Å². The van der Waals surface area contributed by atoms with Crippen molar-refractivity contribution < 1.29 is 0 Å². The Balaban J connectivity index is 1.03. The molecule has 0 saturated carbocycles. The second-order valence-corrected chi connectivity index (χ2v) is 15.9. The Bertz CT molecular complexity index is 3610. The van der Waals surface area contributed by atoms with E-state index in [0.717, 1.165) is 39.2 Å². The van der Waals surface area contributed by atoms with E-state index in [0.29, 0.717) is 0 Å². The van der Waals surface area contributed by atoms with E-state index in [-0.39, 0.29) is 0 Å². The van der Waals surface area contributed by atoms with Crippen molar-refractivity contribution in [1.82, 2.24) is 9.55 Å². The normalized spacial score (nSPS) is 11.6. The second kappa shape index (κ2) is 14.3. The lowest BCUT2D eigenvalue weighted by Crippen LogP contribution is -1.97. The summed E-state index contributed by atoms with van der Waals surface area (Å²) >= 11 is 0. The lowest BCUT2D eigenvalue weighted by Gasteiger charge is -2.20. The number of aromatic nitrogens is 2. The van der Waals surface area contributed by atoms with Crippen molar-refractivity contribution in [2.75, 3.05) is 0 Å². The van der Waals surface area contributed by atoms with Gasteiger partial charge in [-0.25, -0.2) is 4.98 Å². The second-order valence-electron chi connectivity index (χ2n) is 15.9. The van der Waals surface area contributed by atoms with Gasteiger partial charge in [-0.05, 0) is 118 Å². The van der Waals surface area contributed by atoms with Crippen LogP contribution in [-0.4, -0.2) is 9.55 Å². The zero-order chi connectivity index (χ0) is 40.3. The molecule has 2 nitrogen and oxygen atoms in total. The minimum absolute atomic E-state index is 0.935. The Morgan fingerprint density at radius 1 is 0.295 bits per heavy atom. The minimum Gasteiger partial charge on any atom is -0.292 e. The zero-order valence-corrected chi connectivity index (χ0v) is 33.3. The van der Waals surface area contributed by atoms with Crippen molar-refractivity contribution >= 4 is 54.1 Å². The molecule has 0 aliphatic rings. The maximum atomic E-state index is 5.22. The number of imidazole rings is 1. The predicted octanol–water partition coefficient (Wildman–Crippen LogP) is 16.0. The number of rotatable bonds is 6. The van der Waals surface area contributed by atoms with Crippen LogP contribution in [0, 0.1) is 0 Å². The van der Waals surface area contributed by atoms with Crippen LogP contribution in [-0.2, 0) is 0 Å². The molecule has 0 aliphatic heterocycles. The predicted molar refractivity (Wildman–Crippen MR) is 258 cm³/mol. The average Bonchev–Trinajstić information content (AvgIpc) is 3.72. The molecule has 12 aromatic rings. The third-order valence-electron chi connectivity index (χ3n) is 12.4. The van der Waals surface area contributed by atoms with Crippen LogP contribution in [0.3, 0.4) is 0 Å². The smallest absolute Gasteiger partial charge is 0.145 e. The van der Waals surface area contributed by atoms with Crippen molar-refractivity contribution in [3.63, 3.8) is 0 Å². The first-order valence-electron chi connectivity index (χ1n) is 21.0. The third kappa shape index (κ3) is 5.84. The summed E-state index contributed by atoms with van der Waals surface area (Å²) in [7, 11) is 0. The van der Waals surface area contributed by atoms with Crippen molar-refractivity contribution in [3.8, 4) is 61.6 Å². The van der Waals surface area contributed by atoms with Crippen LogP contribution in [0.4, 0.5) is 0 Å². The first kappa shape index (κ1) is 34.9. The number of para-hydroxylation sites is 1. The quantitative estimate of drug-likeness (QED) is 0.154. The van der Waals surface area contributed by atoms with E-state index < -0.39 is 0 Å². The molecule has 0 spiro atoms. The van der Waals surface area contributed by atoms with Gasteiger partial charge in [0.1, 0.15) is 5.82 Å². The number of fused-ring (bicyclic) bond motifs is 5. The summed E-state index contributed by atoms with van der Waals surface area (Å²) in [5.74, 6) is 0.935. The van der Waals surface area contributed by atoms with Gasteiger partial charge in [0.15, 0.2) is 0 Å². The standard InChI is InChI=1S/C59H38N2/c1-3-17-43(18-4-1)59-60-55-38-45(34-36-56(55)61(59)46-21-5-2-6-22-46)40-31-29-39(30-32-40)44-33-35-53-54(37-44)58(50-28-14-20-42-16-8-10-24-48(42)50)52-26-12-11-25-51(52)57(53)49-27-13-19-41-15-7-9-23-47(41)49/h1-38H. The fraction of sp³-hybridized carbons (Fsp3) is 0. The van der Waals surface area contributed by atoms with E-state index in [2.05, 4.69) is 229 Å². The van der Waals surface area contributed by atoms with Gasteiger partial charge in [0.05, 0.1) is 11.0 Å². The first-order valence-corrected chi connectivity index (χ1v) is 21.0. The third-order valence-corrected chi connectivity index (χ3v) is 12.4. The highest BCUT2D eigenvalue weighted by atomic mass is 15.1. The van der Waals surface area contributed by atoms with Crippen LogP contribution in [0.5, 0.6) is 0 Å². The molecule has 0 radical (unpaired) electrons. The largest absolute Gasteiger partial charge is 0.292 e. The summed E-state index contributed by atoms with van der Waals surface area (Å²) in [6, 6.07) is 83.7. The molecule has 11 aromatic carbocycles. The van der Waals surface area contributed by atoms with Crippen molar-refractivity contribution in [2.45, 2.75) is 0 Å². The van der Waals surface area contributed by atoms with E-state index in [1.807, 2.05) is 6.07 Å². The van der Waals surface area contributed by atoms with Crippen LogP contribution in [0.25, 0.3) is 116 Å². The van der Waals surface area contributed by atoms with Crippen LogP contribution in [0.2, 0.25) is 0 Å². The van der Waals surface area contributed by atoms with Gasteiger partial charge in [0, 0.05) is 11.3 Å². The van der Waals surface area contributed by atoms with E-state index >= 15 is 0 Å². The van der Waals surface area contributed by atoms with Gasteiger partial charge in [-0.1, -0.05) is 200 Å². The summed E-state index contributed by atoms with van der Waals surface area (Å²) in [5, 5.41) is 10.00. The lowest BCUT2D eigenvalue weighted by molar-refractivity contribution is 1.10. The van der Waals surface area contributed by atoms with Gasteiger partial charge >= 0.3 is 0 Å².